The van der Waals surface area contributed by atoms with Gasteiger partial charge in [0.2, 0.25) is 0 Å². The number of esters is 4. The summed E-state index contributed by atoms with van der Waals surface area (Å²) in [5, 5.41) is 8.79. The average Bonchev–Trinajstić information content (AvgIpc) is 3.91. The monoisotopic (exact) mass is 698 g/mol. The first-order chi connectivity index (χ1) is 23.6. The minimum Gasteiger partial charge on any atom is -0.490 e. The van der Waals surface area contributed by atoms with E-state index in [2.05, 4.69) is 0 Å². The Hall–Kier alpha value is -4.45. The molecule has 1 saturated heterocycles. The molecule has 0 aliphatic carbocycles. The maximum Gasteiger partial charge on any atom is 0.311 e. The molecule has 2 aromatic carbocycles. The van der Waals surface area contributed by atoms with Crippen LogP contribution in [0.1, 0.15) is 78.2 Å². The Bertz CT molecular complexity index is 1420. The third-order valence-corrected chi connectivity index (χ3v) is 8.53. The molecule has 1 aliphatic rings. The second-order valence-corrected chi connectivity index (χ2v) is 14.0. The molecular formula is C38H50O12. The lowest BCUT2D eigenvalue weighted by Gasteiger charge is -2.40. The maximum atomic E-state index is 13.9. The van der Waals surface area contributed by atoms with Crippen molar-refractivity contribution in [2.75, 3.05) is 39.6 Å². The first-order valence-corrected chi connectivity index (χ1v) is 16.9. The Morgan fingerprint density at radius 1 is 0.740 bits per heavy atom. The van der Waals surface area contributed by atoms with E-state index in [4.69, 9.17) is 33.5 Å². The van der Waals surface area contributed by atoms with Gasteiger partial charge in [-0.3, -0.25) is 24.0 Å². The lowest BCUT2D eigenvalue weighted by atomic mass is 9.63. The highest BCUT2D eigenvalue weighted by molar-refractivity contribution is 5.83. The molecule has 50 heavy (non-hydrogen) atoms. The highest BCUT2D eigenvalue weighted by Crippen LogP contribution is 2.48. The number of epoxide rings is 1. The number of benzene rings is 2. The van der Waals surface area contributed by atoms with Crippen LogP contribution in [0.25, 0.3) is 0 Å². The Morgan fingerprint density at radius 2 is 1.30 bits per heavy atom. The number of carbonyl (C=O) groups excluding carboxylic acids is 4. The summed E-state index contributed by atoms with van der Waals surface area (Å²) in [6, 6.07) is 18.7. The molecule has 4 atom stereocenters. The number of ether oxygens (including phenoxy) is 6. The van der Waals surface area contributed by atoms with Gasteiger partial charge in [-0.15, -0.1) is 0 Å². The van der Waals surface area contributed by atoms with Crippen molar-refractivity contribution in [2.24, 2.45) is 16.2 Å². The van der Waals surface area contributed by atoms with Gasteiger partial charge in [0.25, 0.3) is 0 Å². The Balaban J connectivity index is 1.78. The van der Waals surface area contributed by atoms with Gasteiger partial charge in [0, 0.05) is 0 Å². The van der Waals surface area contributed by atoms with Crippen LogP contribution in [0.3, 0.4) is 0 Å². The van der Waals surface area contributed by atoms with Crippen molar-refractivity contribution in [2.45, 2.75) is 78.7 Å². The molecule has 1 aliphatic heterocycles. The molecule has 0 spiro atoms. The summed E-state index contributed by atoms with van der Waals surface area (Å²) in [5.74, 6) is -3.08. The average molecular weight is 699 g/mol. The predicted octanol–water partition coefficient (Wildman–Crippen LogP) is 5.51. The first kappa shape index (κ1) is 40.0. The van der Waals surface area contributed by atoms with E-state index in [0.717, 1.165) is 5.56 Å². The van der Waals surface area contributed by atoms with E-state index in [1.807, 2.05) is 55.5 Å². The molecule has 4 unspecified atom stereocenters. The number of aliphatic carboxylic acids is 1. The molecule has 274 valence electrons. The topological polar surface area (TPSA) is 164 Å². The number of hydrogen-bond acceptors (Lipinski definition) is 11. The molecular weight excluding hydrogens is 648 g/mol. The van der Waals surface area contributed by atoms with Crippen molar-refractivity contribution in [3.8, 4) is 5.75 Å². The fourth-order valence-electron chi connectivity index (χ4n) is 6.18. The molecule has 12 heteroatoms. The van der Waals surface area contributed by atoms with Crippen LogP contribution in [0.5, 0.6) is 5.75 Å². The molecule has 1 fully saturated rings. The number of rotatable bonds is 22. The summed E-state index contributed by atoms with van der Waals surface area (Å²) in [7, 11) is 0. The highest BCUT2D eigenvalue weighted by Gasteiger charge is 2.51. The molecule has 3 rings (SSSR count). The minimum absolute atomic E-state index is 0.00312. The van der Waals surface area contributed by atoms with Crippen molar-refractivity contribution in [1.82, 2.24) is 0 Å². The van der Waals surface area contributed by atoms with E-state index in [1.165, 1.54) is 0 Å². The lowest BCUT2D eigenvalue weighted by Crippen LogP contribution is -2.45. The van der Waals surface area contributed by atoms with Gasteiger partial charge in [-0.05, 0) is 70.6 Å². The van der Waals surface area contributed by atoms with E-state index < -0.39 is 46.1 Å². The summed E-state index contributed by atoms with van der Waals surface area (Å²) in [6.45, 7) is 8.88. The largest absolute Gasteiger partial charge is 0.490 e. The van der Waals surface area contributed by atoms with E-state index in [0.29, 0.717) is 12.4 Å². The Kier molecular flexibility index (Phi) is 14.8. The summed E-state index contributed by atoms with van der Waals surface area (Å²) >= 11 is 0. The van der Waals surface area contributed by atoms with Crippen LogP contribution >= 0.6 is 0 Å². The van der Waals surface area contributed by atoms with E-state index in [1.54, 1.807) is 39.8 Å². The van der Waals surface area contributed by atoms with Crippen LogP contribution in [0.15, 0.2) is 60.7 Å². The first-order valence-electron chi connectivity index (χ1n) is 16.9. The van der Waals surface area contributed by atoms with Gasteiger partial charge < -0.3 is 33.5 Å². The Labute approximate surface area is 293 Å². The summed E-state index contributed by atoms with van der Waals surface area (Å²) < 4.78 is 32.8. The van der Waals surface area contributed by atoms with Crippen LogP contribution in [0, 0.1) is 16.2 Å². The molecule has 0 saturated carbocycles. The van der Waals surface area contributed by atoms with Crippen molar-refractivity contribution >= 4 is 29.8 Å². The SMILES string of the molecule is CC(CC(C)(CC(C)(CC(C)(C)C(=O)OCCOc1ccccc1)C(=O)OCC1CO1)C(=O)OCCOC(=O)CCC(=O)O)c1ccccc1. The summed E-state index contributed by atoms with van der Waals surface area (Å²) in [6.07, 6.45) is -0.636. The maximum absolute atomic E-state index is 13.9. The van der Waals surface area contributed by atoms with E-state index in [-0.39, 0.29) is 77.2 Å². The number of carbonyl (C=O) groups is 5. The fraction of sp³-hybridized carbons (Fsp3) is 0.553. The van der Waals surface area contributed by atoms with Crippen molar-refractivity contribution in [3.63, 3.8) is 0 Å². The molecule has 12 nitrogen and oxygen atoms in total. The number of carboxylic acids is 1. The van der Waals surface area contributed by atoms with Gasteiger partial charge in [-0.25, -0.2) is 0 Å². The van der Waals surface area contributed by atoms with Gasteiger partial charge in [-0.2, -0.15) is 0 Å². The van der Waals surface area contributed by atoms with Crippen LogP contribution in [0.2, 0.25) is 0 Å². The number of hydrogen-bond donors (Lipinski definition) is 1. The van der Waals surface area contributed by atoms with Crippen LogP contribution in [0.4, 0.5) is 0 Å². The molecule has 0 radical (unpaired) electrons. The molecule has 1 heterocycles. The molecule has 0 amide bonds. The minimum atomic E-state index is -1.36. The molecule has 0 bridgehead atoms. The van der Waals surface area contributed by atoms with Crippen LogP contribution in [-0.4, -0.2) is 80.7 Å². The predicted molar refractivity (Wildman–Crippen MR) is 181 cm³/mol. The van der Waals surface area contributed by atoms with Gasteiger partial charge >= 0.3 is 29.8 Å². The Morgan fingerprint density at radius 3 is 1.92 bits per heavy atom. The zero-order valence-electron chi connectivity index (χ0n) is 29.6. The summed E-state index contributed by atoms with van der Waals surface area (Å²) in [4.78, 5) is 63.9. The van der Waals surface area contributed by atoms with Crippen molar-refractivity contribution in [3.05, 3.63) is 66.2 Å². The van der Waals surface area contributed by atoms with Crippen LogP contribution in [-0.2, 0) is 47.7 Å². The van der Waals surface area contributed by atoms with Gasteiger partial charge in [0.05, 0.1) is 35.7 Å². The third kappa shape index (κ3) is 13.1. The highest BCUT2D eigenvalue weighted by atomic mass is 16.6. The molecule has 2 aromatic rings. The van der Waals surface area contributed by atoms with Gasteiger partial charge in [0.15, 0.2) is 0 Å². The summed E-state index contributed by atoms with van der Waals surface area (Å²) in [5.41, 5.74) is -2.81. The van der Waals surface area contributed by atoms with Gasteiger partial charge in [-0.1, -0.05) is 55.5 Å². The number of carboxylic acid groups (broad SMARTS) is 1. The second-order valence-electron chi connectivity index (χ2n) is 14.0. The quantitative estimate of drug-likeness (QED) is 0.0710. The molecule has 0 aromatic heterocycles. The lowest BCUT2D eigenvalue weighted by molar-refractivity contribution is -0.171. The van der Waals surface area contributed by atoms with Crippen molar-refractivity contribution in [1.29, 1.82) is 0 Å². The fourth-order valence-corrected chi connectivity index (χ4v) is 6.18. The third-order valence-electron chi connectivity index (χ3n) is 8.53. The van der Waals surface area contributed by atoms with Crippen LogP contribution < -0.4 is 4.74 Å². The number of para-hydroxylation sites is 1. The van der Waals surface area contributed by atoms with Gasteiger partial charge in [0.1, 0.15) is 44.9 Å². The smallest absolute Gasteiger partial charge is 0.311 e. The second kappa shape index (κ2) is 18.5. The molecule has 1 N–H and O–H groups in total. The normalized spacial score (nSPS) is 16.9. The standard InChI is InChI=1S/C38H50O12/c1-27(28-12-8-6-9-13-28)22-37(4,34(43)48-21-19-46-32(41)17-16-31(39)40)26-38(5,35(44)50-24-30-23-49-30)25-36(2,3)33(42)47-20-18-45-29-14-10-7-11-15-29/h6-15,27,30H,16-26H2,1-5H3,(H,39,40). The zero-order chi connectivity index (χ0) is 36.8. The van der Waals surface area contributed by atoms with E-state index in [9.17, 15) is 24.0 Å². The van der Waals surface area contributed by atoms with Crippen molar-refractivity contribution < 1.29 is 57.5 Å². The van der Waals surface area contributed by atoms with E-state index >= 15 is 0 Å². The zero-order valence-corrected chi connectivity index (χ0v) is 29.6.